The second kappa shape index (κ2) is 6.64. The average Bonchev–Trinajstić information content (AvgIpc) is 3.02. The van der Waals surface area contributed by atoms with Gasteiger partial charge in [0.1, 0.15) is 0 Å². The lowest BCUT2D eigenvalue weighted by molar-refractivity contribution is -0.154. The number of fused-ring (bicyclic) bond motifs is 3. The molecule has 28 heavy (non-hydrogen) atoms. The molecular weight excluding hydrogens is 352 g/mol. The van der Waals surface area contributed by atoms with Crippen molar-refractivity contribution in [3.8, 4) is 0 Å². The number of hydrogen-bond donors (Lipinski definition) is 1. The van der Waals surface area contributed by atoms with Gasteiger partial charge in [0.2, 0.25) is 5.91 Å². The van der Waals surface area contributed by atoms with Crippen LogP contribution in [0.4, 0.5) is 0 Å². The van der Waals surface area contributed by atoms with Crippen LogP contribution >= 0.6 is 0 Å². The van der Waals surface area contributed by atoms with Crippen molar-refractivity contribution in [2.24, 2.45) is 11.8 Å². The summed E-state index contributed by atoms with van der Waals surface area (Å²) >= 11 is 0. The van der Waals surface area contributed by atoms with Gasteiger partial charge in [-0.3, -0.25) is 9.59 Å². The van der Waals surface area contributed by atoms with Crippen molar-refractivity contribution in [2.75, 3.05) is 6.54 Å². The summed E-state index contributed by atoms with van der Waals surface area (Å²) in [5.41, 5.74) is 5.28. The maximum atomic E-state index is 13.5. The Morgan fingerprint density at radius 1 is 1.04 bits per heavy atom. The Morgan fingerprint density at radius 2 is 1.82 bits per heavy atom. The van der Waals surface area contributed by atoms with Gasteiger partial charge in [0, 0.05) is 29.7 Å². The number of aromatic nitrogens is 1. The number of rotatable bonds is 2. The lowest BCUT2D eigenvalue weighted by Gasteiger charge is -2.42. The van der Waals surface area contributed by atoms with Gasteiger partial charge in [-0.1, -0.05) is 24.5 Å². The Hall–Kier alpha value is -2.30. The summed E-state index contributed by atoms with van der Waals surface area (Å²) in [6.07, 6.45) is 6.37. The lowest BCUT2D eigenvalue weighted by Crippen LogP contribution is -2.48. The van der Waals surface area contributed by atoms with Gasteiger partial charge in [-0.05, 0) is 56.7 Å². The maximum absolute atomic E-state index is 13.5. The van der Waals surface area contributed by atoms with E-state index < -0.39 is 11.9 Å². The summed E-state index contributed by atoms with van der Waals surface area (Å²) in [6.45, 7) is 3.63. The molecule has 1 aliphatic heterocycles. The van der Waals surface area contributed by atoms with Crippen LogP contribution in [0, 0.1) is 18.8 Å². The molecule has 1 aromatic heterocycles. The van der Waals surface area contributed by atoms with E-state index in [1.807, 2.05) is 4.90 Å². The van der Waals surface area contributed by atoms with Crippen LogP contribution in [0.2, 0.25) is 0 Å². The molecule has 3 unspecified atom stereocenters. The number of amides is 1. The minimum absolute atomic E-state index is 0.0811. The quantitative estimate of drug-likeness (QED) is 0.855. The average molecular weight is 380 g/mol. The van der Waals surface area contributed by atoms with Gasteiger partial charge in [0.05, 0.1) is 17.9 Å². The second-order valence-electron chi connectivity index (χ2n) is 8.81. The summed E-state index contributed by atoms with van der Waals surface area (Å²) in [6, 6.07) is 6.78. The fourth-order valence-corrected chi connectivity index (χ4v) is 5.92. The molecule has 0 radical (unpaired) electrons. The molecule has 5 nitrogen and oxygen atoms in total. The molecule has 1 amide bonds. The van der Waals surface area contributed by atoms with Gasteiger partial charge in [-0.15, -0.1) is 0 Å². The van der Waals surface area contributed by atoms with E-state index >= 15 is 0 Å². The number of carbonyl (C=O) groups excluding carboxylic acids is 1. The monoisotopic (exact) mass is 380 g/mol. The fourth-order valence-electron chi connectivity index (χ4n) is 5.92. The Balaban J connectivity index is 1.54. The summed E-state index contributed by atoms with van der Waals surface area (Å²) < 4.78 is 2.42. The molecule has 0 bridgehead atoms. The number of carbonyl (C=O) groups is 2. The highest BCUT2D eigenvalue weighted by atomic mass is 16.4. The Kier molecular flexibility index (Phi) is 4.22. The highest BCUT2D eigenvalue weighted by molar-refractivity contribution is 5.89. The predicted octanol–water partition coefficient (Wildman–Crippen LogP) is 4.06. The number of hydrogen-bond acceptors (Lipinski definition) is 2. The van der Waals surface area contributed by atoms with E-state index in [2.05, 4.69) is 29.7 Å². The largest absolute Gasteiger partial charge is 0.481 e. The van der Waals surface area contributed by atoms with Crippen LogP contribution in [-0.2, 0) is 22.6 Å². The van der Waals surface area contributed by atoms with Gasteiger partial charge < -0.3 is 14.6 Å². The molecular formula is C23H28N2O3. The smallest absolute Gasteiger partial charge is 0.307 e. The van der Waals surface area contributed by atoms with Crippen LogP contribution in [0.3, 0.4) is 0 Å². The molecule has 1 fully saturated rings. The van der Waals surface area contributed by atoms with Crippen molar-refractivity contribution < 1.29 is 14.7 Å². The van der Waals surface area contributed by atoms with Gasteiger partial charge in [-0.25, -0.2) is 0 Å². The maximum Gasteiger partial charge on any atom is 0.307 e. The number of nitrogens with zero attached hydrogens (tertiary/aromatic N) is 2. The van der Waals surface area contributed by atoms with Crippen molar-refractivity contribution in [1.29, 1.82) is 0 Å². The number of carboxylic acid groups (broad SMARTS) is 1. The van der Waals surface area contributed by atoms with E-state index in [1.54, 1.807) is 0 Å². The summed E-state index contributed by atoms with van der Waals surface area (Å²) in [5.74, 6) is -1.59. The van der Waals surface area contributed by atoms with E-state index in [0.29, 0.717) is 19.4 Å². The summed E-state index contributed by atoms with van der Waals surface area (Å²) in [4.78, 5) is 27.3. The molecule has 148 valence electrons. The first-order valence-electron chi connectivity index (χ1n) is 10.7. The zero-order chi connectivity index (χ0) is 19.4. The second-order valence-corrected chi connectivity index (χ2v) is 8.81. The number of aryl methyl sites for hydroxylation is 2. The van der Waals surface area contributed by atoms with Crippen LogP contribution in [0.15, 0.2) is 18.2 Å². The molecule has 3 atom stereocenters. The Labute approximate surface area is 165 Å². The van der Waals surface area contributed by atoms with Gasteiger partial charge in [0.25, 0.3) is 0 Å². The number of benzene rings is 1. The van der Waals surface area contributed by atoms with E-state index in [1.165, 1.54) is 27.7 Å². The normalized spacial score (nSPS) is 26.9. The van der Waals surface area contributed by atoms with Gasteiger partial charge in [-0.2, -0.15) is 0 Å². The van der Waals surface area contributed by atoms with Crippen LogP contribution in [0.5, 0.6) is 0 Å². The van der Waals surface area contributed by atoms with Crippen molar-refractivity contribution in [3.05, 3.63) is 35.0 Å². The van der Waals surface area contributed by atoms with Gasteiger partial charge >= 0.3 is 5.97 Å². The molecule has 2 aliphatic carbocycles. The highest BCUT2D eigenvalue weighted by Crippen LogP contribution is 2.44. The number of carboxylic acids is 1. The van der Waals surface area contributed by atoms with Crippen molar-refractivity contribution >= 4 is 22.8 Å². The first-order chi connectivity index (χ1) is 13.6. The first kappa shape index (κ1) is 17.8. The Morgan fingerprint density at radius 3 is 2.61 bits per heavy atom. The lowest BCUT2D eigenvalue weighted by atomic mass is 9.77. The topological polar surface area (TPSA) is 62.5 Å². The van der Waals surface area contributed by atoms with Crippen molar-refractivity contribution in [2.45, 2.75) is 64.5 Å². The summed E-state index contributed by atoms with van der Waals surface area (Å²) in [7, 11) is 0. The molecule has 0 spiro atoms. The third kappa shape index (κ3) is 2.59. The van der Waals surface area contributed by atoms with Crippen LogP contribution in [0.25, 0.3) is 10.9 Å². The molecule has 2 heterocycles. The van der Waals surface area contributed by atoms with Crippen molar-refractivity contribution in [1.82, 2.24) is 9.47 Å². The van der Waals surface area contributed by atoms with Crippen LogP contribution in [-0.4, -0.2) is 33.0 Å². The summed E-state index contributed by atoms with van der Waals surface area (Å²) in [5, 5.41) is 11.0. The fraction of sp³-hybridized carbons (Fsp3) is 0.565. The third-order valence-electron chi connectivity index (χ3n) is 7.21. The minimum atomic E-state index is -0.802. The Bertz CT molecular complexity index is 960. The van der Waals surface area contributed by atoms with E-state index in [4.69, 9.17) is 0 Å². The zero-order valence-electron chi connectivity index (χ0n) is 16.5. The molecule has 1 aromatic carbocycles. The molecule has 5 heteroatoms. The molecule has 0 saturated heterocycles. The minimum Gasteiger partial charge on any atom is -0.481 e. The van der Waals surface area contributed by atoms with E-state index in [-0.39, 0.29) is 17.9 Å². The van der Waals surface area contributed by atoms with Gasteiger partial charge in [0.15, 0.2) is 0 Å². The number of aliphatic carboxylic acids is 1. The van der Waals surface area contributed by atoms with Crippen LogP contribution < -0.4 is 0 Å². The molecule has 1 N–H and O–H groups in total. The SMILES string of the molecule is Cc1ccc2c(c1)c1c3n2CCN(C(=O)C2CCCCC2C(=O)O)C3CCC1. The van der Waals surface area contributed by atoms with E-state index in [9.17, 15) is 14.7 Å². The zero-order valence-corrected chi connectivity index (χ0v) is 16.5. The predicted molar refractivity (Wildman–Crippen MR) is 107 cm³/mol. The van der Waals surface area contributed by atoms with Crippen LogP contribution in [0.1, 0.15) is 61.4 Å². The first-order valence-corrected chi connectivity index (χ1v) is 10.7. The molecule has 3 aliphatic rings. The molecule has 5 rings (SSSR count). The highest BCUT2D eigenvalue weighted by Gasteiger charge is 2.43. The standard InChI is InChI=1S/C23H28N2O3/c1-14-9-10-19-18(13-14)15-7-4-8-20-21(15)24(19)11-12-25(20)22(26)16-5-2-3-6-17(16)23(27)28/h9-10,13,16-17,20H,2-8,11-12H2,1H3,(H,27,28). The molecule has 1 saturated carbocycles. The third-order valence-corrected chi connectivity index (χ3v) is 7.21. The van der Waals surface area contributed by atoms with Crippen molar-refractivity contribution in [3.63, 3.8) is 0 Å². The van der Waals surface area contributed by atoms with E-state index in [0.717, 1.165) is 38.6 Å². The molecule has 2 aromatic rings.